The molecule has 2 aromatic rings. The number of halogens is 1. The molecule has 6 heteroatoms. The second-order valence-electron chi connectivity index (χ2n) is 6.68. The standard InChI is InChI=1S/C20H25FN4O/c1-2-3-10-23-20(26)16-7-5-12-25(14-16)18-9-11-22-19(24-18)15-6-4-8-17(21)13-15/h4,6,8-9,11,13,16H,2-3,5,7,10,12,14H2,1H3,(H,23,26)/t16-/m1/s1. The van der Waals surface area contributed by atoms with E-state index in [1.54, 1.807) is 18.3 Å². The number of anilines is 1. The molecular formula is C20H25FN4O. The Hall–Kier alpha value is -2.50. The van der Waals surface area contributed by atoms with E-state index in [-0.39, 0.29) is 17.6 Å². The SMILES string of the molecule is CCCCNC(=O)[C@@H]1CCCN(c2ccnc(-c3cccc(F)c3)n2)C1. The molecule has 1 fully saturated rings. The van der Waals surface area contributed by atoms with Gasteiger partial charge in [-0.2, -0.15) is 0 Å². The number of hydrogen-bond acceptors (Lipinski definition) is 4. The predicted molar refractivity (Wildman–Crippen MR) is 100 cm³/mol. The number of carbonyl (C=O) groups excluding carboxylic acids is 1. The zero-order valence-corrected chi connectivity index (χ0v) is 15.1. The van der Waals surface area contributed by atoms with Gasteiger partial charge in [-0.15, -0.1) is 0 Å². The zero-order chi connectivity index (χ0) is 18.4. The Bertz CT molecular complexity index is 752. The van der Waals surface area contributed by atoms with Gasteiger partial charge in [0.1, 0.15) is 11.6 Å². The molecule has 0 radical (unpaired) electrons. The molecule has 0 bridgehead atoms. The third-order valence-electron chi connectivity index (χ3n) is 4.67. The largest absolute Gasteiger partial charge is 0.356 e. The first-order valence-electron chi connectivity index (χ1n) is 9.29. The number of benzene rings is 1. The van der Waals surface area contributed by atoms with Crippen LogP contribution in [0.25, 0.3) is 11.4 Å². The lowest BCUT2D eigenvalue weighted by molar-refractivity contribution is -0.125. The lowest BCUT2D eigenvalue weighted by atomic mass is 9.97. The van der Waals surface area contributed by atoms with E-state index in [1.807, 2.05) is 6.07 Å². The summed E-state index contributed by atoms with van der Waals surface area (Å²) in [6.07, 6.45) is 5.61. The first-order chi connectivity index (χ1) is 12.7. The highest BCUT2D eigenvalue weighted by atomic mass is 19.1. The third kappa shape index (κ3) is 4.56. The van der Waals surface area contributed by atoms with Crippen molar-refractivity contribution in [2.75, 3.05) is 24.5 Å². The average molecular weight is 356 g/mol. The minimum atomic E-state index is -0.307. The number of nitrogens with zero attached hydrogens (tertiary/aromatic N) is 3. The van der Waals surface area contributed by atoms with Crippen LogP contribution in [0.1, 0.15) is 32.6 Å². The topological polar surface area (TPSA) is 58.1 Å². The van der Waals surface area contributed by atoms with E-state index in [4.69, 9.17) is 0 Å². The van der Waals surface area contributed by atoms with Crippen LogP contribution in [0.5, 0.6) is 0 Å². The minimum absolute atomic E-state index is 0.0202. The summed E-state index contributed by atoms with van der Waals surface area (Å²) in [6, 6.07) is 8.12. The fourth-order valence-electron chi connectivity index (χ4n) is 3.22. The van der Waals surface area contributed by atoms with Gasteiger partial charge >= 0.3 is 0 Å². The number of carbonyl (C=O) groups is 1. The van der Waals surface area contributed by atoms with E-state index in [0.717, 1.165) is 44.6 Å². The molecule has 1 aliphatic rings. The zero-order valence-electron chi connectivity index (χ0n) is 15.1. The maximum atomic E-state index is 13.5. The number of piperidine rings is 1. The van der Waals surface area contributed by atoms with Gasteiger partial charge in [0, 0.05) is 31.4 Å². The highest BCUT2D eigenvalue weighted by molar-refractivity contribution is 5.79. The van der Waals surface area contributed by atoms with Crippen LogP contribution in [0.15, 0.2) is 36.5 Å². The molecule has 0 saturated carbocycles. The van der Waals surface area contributed by atoms with Crippen molar-refractivity contribution in [2.45, 2.75) is 32.6 Å². The molecule has 0 aliphatic carbocycles. The Kier molecular flexibility index (Phi) is 6.15. The summed E-state index contributed by atoms with van der Waals surface area (Å²) < 4.78 is 13.5. The molecule has 1 saturated heterocycles. The maximum Gasteiger partial charge on any atom is 0.224 e. The van der Waals surface area contributed by atoms with Gasteiger partial charge in [-0.1, -0.05) is 25.5 Å². The lowest BCUT2D eigenvalue weighted by Gasteiger charge is -2.33. The van der Waals surface area contributed by atoms with Crippen LogP contribution >= 0.6 is 0 Å². The Morgan fingerprint density at radius 1 is 1.38 bits per heavy atom. The van der Waals surface area contributed by atoms with E-state index in [9.17, 15) is 9.18 Å². The van der Waals surface area contributed by atoms with E-state index in [2.05, 4.69) is 27.1 Å². The molecule has 2 heterocycles. The second kappa shape index (κ2) is 8.74. The van der Waals surface area contributed by atoms with Gasteiger partial charge in [-0.05, 0) is 37.5 Å². The number of nitrogens with one attached hydrogen (secondary N) is 1. The van der Waals surface area contributed by atoms with Crippen molar-refractivity contribution in [3.8, 4) is 11.4 Å². The summed E-state index contributed by atoms with van der Waals surface area (Å²) in [6.45, 7) is 4.36. The first-order valence-corrected chi connectivity index (χ1v) is 9.29. The molecule has 0 spiro atoms. The highest BCUT2D eigenvalue weighted by Gasteiger charge is 2.26. The minimum Gasteiger partial charge on any atom is -0.356 e. The number of hydrogen-bond donors (Lipinski definition) is 1. The molecule has 1 aromatic carbocycles. The Morgan fingerprint density at radius 3 is 3.08 bits per heavy atom. The van der Waals surface area contributed by atoms with Crippen LogP contribution in [-0.2, 0) is 4.79 Å². The van der Waals surface area contributed by atoms with Crippen molar-refractivity contribution in [3.63, 3.8) is 0 Å². The van der Waals surface area contributed by atoms with Crippen LogP contribution in [0.2, 0.25) is 0 Å². The predicted octanol–water partition coefficient (Wildman–Crippen LogP) is 3.42. The van der Waals surface area contributed by atoms with Gasteiger partial charge < -0.3 is 10.2 Å². The van der Waals surface area contributed by atoms with E-state index >= 15 is 0 Å². The van der Waals surface area contributed by atoms with Crippen LogP contribution in [-0.4, -0.2) is 35.5 Å². The van der Waals surface area contributed by atoms with Gasteiger partial charge in [0.15, 0.2) is 5.82 Å². The Labute approximate surface area is 153 Å². The molecule has 1 atom stereocenters. The van der Waals surface area contributed by atoms with Gasteiger partial charge in [-0.25, -0.2) is 14.4 Å². The molecular weight excluding hydrogens is 331 g/mol. The monoisotopic (exact) mass is 356 g/mol. The van der Waals surface area contributed by atoms with Crippen LogP contribution in [0.3, 0.4) is 0 Å². The van der Waals surface area contributed by atoms with Gasteiger partial charge in [-0.3, -0.25) is 4.79 Å². The normalized spacial score (nSPS) is 17.2. The van der Waals surface area contributed by atoms with Gasteiger partial charge in [0.05, 0.1) is 5.92 Å². The smallest absolute Gasteiger partial charge is 0.224 e. The van der Waals surface area contributed by atoms with Crippen molar-refractivity contribution in [1.82, 2.24) is 15.3 Å². The van der Waals surface area contributed by atoms with Crippen molar-refractivity contribution < 1.29 is 9.18 Å². The molecule has 5 nitrogen and oxygen atoms in total. The molecule has 0 unspecified atom stereocenters. The summed E-state index contributed by atoms with van der Waals surface area (Å²) in [5.74, 6) is 1.08. The Balaban J connectivity index is 1.70. The quantitative estimate of drug-likeness (QED) is 0.806. The van der Waals surface area contributed by atoms with Crippen molar-refractivity contribution >= 4 is 11.7 Å². The summed E-state index contributed by atoms with van der Waals surface area (Å²) in [5.41, 5.74) is 0.651. The van der Waals surface area contributed by atoms with Crippen LogP contribution < -0.4 is 10.2 Å². The average Bonchev–Trinajstić information content (AvgIpc) is 2.68. The molecule has 1 aliphatic heterocycles. The molecule has 1 amide bonds. The molecule has 1 aromatic heterocycles. The fraction of sp³-hybridized carbons (Fsp3) is 0.450. The number of aromatic nitrogens is 2. The van der Waals surface area contributed by atoms with Gasteiger partial charge in [0.25, 0.3) is 0 Å². The third-order valence-corrected chi connectivity index (χ3v) is 4.67. The van der Waals surface area contributed by atoms with Crippen molar-refractivity contribution in [3.05, 3.63) is 42.3 Å². The summed E-state index contributed by atoms with van der Waals surface area (Å²) in [7, 11) is 0. The lowest BCUT2D eigenvalue weighted by Crippen LogP contribution is -2.43. The first kappa shape index (κ1) is 18.3. The van der Waals surface area contributed by atoms with E-state index < -0.39 is 0 Å². The van der Waals surface area contributed by atoms with Gasteiger partial charge in [0.2, 0.25) is 5.91 Å². The molecule has 26 heavy (non-hydrogen) atoms. The molecule has 1 N–H and O–H groups in total. The second-order valence-corrected chi connectivity index (χ2v) is 6.68. The van der Waals surface area contributed by atoms with Crippen molar-refractivity contribution in [1.29, 1.82) is 0 Å². The molecule has 3 rings (SSSR count). The van der Waals surface area contributed by atoms with E-state index in [0.29, 0.717) is 17.9 Å². The number of unbranched alkanes of at least 4 members (excludes halogenated alkanes) is 1. The number of rotatable bonds is 6. The van der Waals surface area contributed by atoms with Crippen molar-refractivity contribution in [2.24, 2.45) is 5.92 Å². The summed E-state index contributed by atoms with van der Waals surface area (Å²) in [5, 5.41) is 3.03. The fourth-order valence-corrected chi connectivity index (χ4v) is 3.22. The Morgan fingerprint density at radius 2 is 2.27 bits per heavy atom. The maximum absolute atomic E-state index is 13.5. The summed E-state index contributed by atoms with van der Waals surface area (Å²) >= 11 is 0. The van der Waals surface area contributed by atoms with Crippen LogP contribution in [0, 0.1) is 11.7 Å². The van der Waals surface area contributed by atoms with E-state index in [1.165, 1.54) is 12.1 Å². The highest BCUT2D eigenvalue weighted by Crippen LogP contribution is 2.24. The molecule has 138 valence electrons. The van der Waals surface area contributed by atoms with Crippen LogP contribution in [0.4, 0.5) is 10.2 Å². The summed E-state index contributed by atoms with van der Waals surface area (Å²) in [4.78, 5) is 23.3. The number of amides is 1.